The molecule has 0 saturated carbocycles. The number of hydrogen-bond acceptors (Lipinski definition) is 2. The zero-order valence-electron chi connectivity index (χ0n) is 12.4. The van der Waals surface area contributed by atoms with Crippen LogP contribution in [-0.2, 0) is 6.54 Å². The van der Waals surface area contributed by atoms with Crippen LogP contribution in [0, 0.1) is 0 Å². The van der Waals surface area contributed by atoms with E-state index >= 15 is 0 Å². The predicted octanol–water partition coefficient (Wildman–Crippen LogP) is 1.60. The van der Waals surface area contributed by atoms with E-state index in [1.54, 1.807) is 4.57 Å². The smallest absolute Gasteiger partial charge is 0.326 e. The van der Waals surface area contributed by atoms with Gasteiger partial charge in [0.2, 0.25) is 0 Å². The average Bonchev–Trinajstić information content (AvgIpc) is 2.76. The quantitative estimate of drug-likeness (QED) is 0.452. The standard InChI is InChI=1S/C14H21N5O.HI/c1-3-18(4-2)13(15)16-9-10-19-12-8-6-5-7-11(12)17-14(19)20;/h5-8H,3-4,9-10H2,1-2H3,(H2,15,16)(H,17,20);1H. The SMILES string of the molecule is CCN(CC)C(N)=NCCn1c(=O)[nH]c2ccccc21.I. The number of nitrogens with zero attached hydrogens (tertiary/aromatic N) is 3. The third-order valence-electron chi connectivity index (χ3n) is 3.37. The summed E-state index contributed by atoms with van der Waals surface area (Å²) in [5.41, 5.74) is 7.54. The van der Waals surface area contributed by atoms with Crippen LogP contribution >= 0.6 is 24.0 Å². The summed E-state index contributed by atoms with van der Waals surface area (Å²) in [6.45, 7) is 6.75. The molecule has 0 unspecified atom stereocenters. The number of imidazole rings is 1. The topological polar surface area (TPSA) is 79.4 Å². The van der Waals surface area contributed by atoms with Gasteiger partial charge in [0.25, 0.3) is 0 Å². The maximum atomic E-state index is 11.9. The van der Waals surface area contributed by atoms with Crippen molar-refractivity contribution in [1.29, 1.82) is 0 Å². The van der Waals surface area contributed by atoms with Crippen molar-refractivity contribution in [2.45, 2.75) is 20.4 Å². The molecule has 116 valence electrons. The summed E-state index contributed by atoms with van der Waals surface area (Å²) < 4.78 is 1.69. The van der Waals surface area contributed by atoms with Crippen molar-refractivity contribution in [1.82, 2.24) is 14.5 Å². The van der Waals surface area contributed by atoms with Gasteiger partial charge in [0, 0.05) is 19.6 Å². The van der Waals surface area contributed by atoms with Crippen LogP contribution in [0.3, 0.4) is 0 Å². The Hall–Kier alpha value is -1.51. The van der Waals surface area contributed by atoms with E-state index in [0.717, 1.165) is 24.1 Å². The Bertz CT molecular complexity index is 657. The molecule has 0 spiro atoms. The molecule has 1 aromatic heterocycles. The van der Waals surface area contributed by atoms with E-state index in [1.807, 2.05) is 43.0 Å². The summed E-state index contributed by atoms with van der Waals surface area (Å²) in [6.07, 6.45) is 0. The minimum atomic E-state index is -0.109. The van der Waals surface area contributed by atoms with Crippen molar-refractivity contribution in [3.05, 3.63) is 34.7 Å². The van der Waals surface area contributed by atoms with E-state index < -0.39 is 0 Å². The van der Waals surface area contributed by atoms with Gasteiger partial charge in [-0.25, -0.2) is 4.79 Å². The third-order valence-corrected chi connectivity index (χ3v) is 3.37. The molecule has 2 rings (SSSR count). The van der Waals surface area contributed by atoms with Crippen LogP contribution in [0.5, 0.6) is 0 Å². The molecule has 0 radical (unpaired) electrons. The van der Waals surface area contributed by atoms with Crippen LogP contribution in [0.4, 0.5) is 0 Å². The molecule has 0 amide bonds. The second kappa shape index (κ2) is 8.06. The predicted molar refractivity (Wildman–Crippen MR) is 97.4 cm³/mol. The summed E-state index contributed by atoms with van der Waals surface area (Å²) in [4.78, 5) is 21.0. The number of benzene rings is 1. The second-order valence-corrected chi connectivity index (χ2v) is 4.51. The highest BCUT2D eigenvalue weighted by atomic mass is 127. The van der Waals surface area contributed by atoms with Gasteiger partial charge in [-0.05, 0) is 26.0 Å². The minimum absolute atomic E-state index is 0. The van der Waals surface area contributed by atoms with Crippen LogP contribution in [0.1, 0.15) is 13.8 Å². The number of halogens is 1. The van der Waals surface area contributed by atoms with Gasteiger partial charge in [-0.1, -0.05) is 12.1 Å². The monoisotopic (exact) mass is 403 g/mol. The lowest BCUT2D eigenvalue weighted by atomic mass is 10.3. The number of aliphatic imine (C=N–C) groups is 1. The molecule has 1 aromatic carbocycles. The fourth-order valence-electron chi connectivity index (χ4n) is 2.24. The molecular formula is C14H22IN5O. The Balaban J connectivity index is 0.00000220. The summed E-state index contributed by atoms with van der Waals surface area (Å²) in [6, 6.07) is 7.63. The number of nitrogens with two attached hydrogens (primary N) is 1. The van der Waals surface area contributed by atoms with Crippen molar-refractivity contribution in [3.8, 4) is 0 Å². The van der Waals surface area contributed by atoms with E-state index in [9.17, 15) is 4.79 Å². The summed E-state index contributed by atoms with van der Waals surface area (Å²) in [7, 11) is 0. The number of H-pyrrole nitrogens is 1. The molecule has 0 aliphatic heterocycles. The molecule has 0 bridgehead atoms. The average molecular weight is 403 g/mol. The molecule has 2 aromatic rings. The number of rotatable bonds is 5. The van der Waals surface area contributed by atoms with Crippen LogP contribution in [-0.4, -0.2) is 40.0 Å². The molecule has 0 aliphatic rings. The highest BCUT2D eigenvalue weighted by Crippen LogP contribution is 2.08. The molecule has 3 N–H and O–H groups in total. The van der Waals surface area contributed by atoms with E-state index in [4.69, 9.17) is 5.73 Å². The van der Waals surface area contributed by atoms with Gasteiger partial charge in [0.15, 0.2) is 5.96 Å². The molecule has 7 heteroatoms. The lowest BCUT2D eigenvalue weighted by Crippen LogP contribution is -2.37. The molecule has 0 atom stereocenters. The van der Waals surface area contributed by atoms with E-state index in [1.165, 1.54) is 0 Å². The van der Waals surface area contributed by atoms with Gasteiger partial charge in [-0.3, -0.25) is 9.56 Å². The van der Waals surface area contributed by atoms with Crippen LogP contribution in [0.25, 0.3) is 11.0 Å². The van der Waals surface area contributed by atoms with Gasteiger partial charge in [-0.15, -0.1) is 24.0 Å². The normalized spacial score (nSPS) is 11.4. The number of aromatic amines is 1. The molecule has 6 nitrogen and oxygen atoms in total. The Kier molecular flexibility index (Phi) is 6.73. The van der Waals surface area contributed by atoms with E-state index in [0.29, 0.717) is 19.0 Å². The summed E-state index contributed by atoms with van der Waals surface area (Å²) in [5.74, 6) is 0.530. The fourth-order valence-corrected chi connectivity index (χ4v) is 2.24. The third kappa shape index (κ3) is 3.99. The zero-order chi connectivity index (χ0) is 14.5. The maximum Gasteiger partial charge on any atom is 0.326 e. The fraction of sp³-hybridized carbons (Fsp3) is 0.429. The zero-order valence-corrected chi connectivity index (χ0v) is 14.7. The number of aromatic nitrogens is 2. The largest absolute Gasteiger partial charge is 0.370 e. The maximum absolute atomic E-state index is 11.9. The van der Waals surface area contributed by atoms with Crippen molar-refractivity contribution in [2.24, 2.45) is 10.7 Å². The second-order valence-electron chi connectivity index (χ2n) is 4.51. The molecule has 1 heterocycles. The number of guanidine groups is 1. The first-order valence-electron chi connectivity index (χ1n) is 6.89. The van der Waals surface area contributed by atoms with Crippen molar-refractivity contribution in [3.63, 3.8) is 0 Å². The van der Waals surface area contributed by atoms with Crippen LogP contribution in [0.15, 0.2) is 34.1 Å². The number of fused-ring (bicyclic) bond motifs is 1. The van der Waals surface area contributed by atoms with E-state index in [2.05, 4.69) is 9.98 Å². The van der Waals surface area contributed by atoms with Gasteiger partial charge < -0.3 is 15.6 Å². The van der Waals surface area contributed by atoms with Gasteiger partial charge in [-0.2, -0.15) is 0 Å². The van der Waals surface area contributed by atoms with E-state index in [-0.39, 0.29) is 29.7 Å². The molecule has 0 saturated heterocycles. The van der Waals surface area contributed by atoms with Crippen molar-refractivity contribution >= 4 is 41.0 Å². The molecular weight excluding hydrogens is 381 g/mol. The lowest BCUT2D eigenvalue weighted by molar-refractivity contribution is 0.457. The lowest BCUT2D eigenvalue weighted by Gasteiger charge is -2.19. The van der Waals surface area contributed by atoms with Gasteiger partial charge in [0.05, 0.1) is 17.6 Å². The molecule has 0 fully saturated rings. The Morgan fingerprint density at radius 1 is 1.33 bits per heavy atom. The van der Waals surface area contributed by atoms with Gasteiger partial charge >= 0.3 is 5.69 Å². The first-order chi connectivity index (χ1) is 9.67. The summed E-state index contributed by atoms with van der Waals surface area (Å²) >= 11 is 0. The number of hydrogen-bond donors (Lipinski definition) is 2. The van der Waals surface area contributed by atoms with Gasteiger partial charge in [0.1, 0.15) is 0 Å². The number of nitrogens with one attached hydrogen (secondary N) is 1. The van der Waals surface area contributed by atoms with Crippen LogP contribution < -0.4 is 11.4 Å². The highest BCUT2D eigenvalue weighted by molar-refractivity contribution is 14.0. The molecule has 0 aliphatic carbocycles. The molecule has 21 heavy (non-hydrogen) atoms. The highest BCUT2D eigenvalue weighted by Gasteiger charge is 2.06. The number of para-hydroxylation sites is 2. The minimum Gasteiger partial charge on any atom is -0.370 e. The summed E-state index contributed by atoms with van der Waals surface area (Å²) in [5, 5.41) is 0. The Morgan fingerprint density at radius 2 is 2.00 bits per heavy atom. The Labute approximate surface area is 141 Å². The van der Waals surface area contributed by atoms with Crippen molar-refractivity contribution in [2.75, 3.05) is 19.6 Å². The van der Waals surface area contributed by atoms with Crippen molar-refractivity contribution < 1.29 is 0 Å². The van der Waals surface area contributed by atoms with Crippen LogP contribution in [0.2, 0.25) is 0 Å². The first-order valence-corrected chi connectivity index (χ1v) is 6.89. The Morgan fingerprint density at radius 3 is 2.67 bits per heavy atom. The first kappa shape index (κ1) is 17.5.